The van der Waals surface area contributed by atoms with Crippen molar-refractivity contribution in [2.24, 2.45) is 0 Å². The van der Waals surface area contributed by atoms with E-state index in [0.29, 0.717) is 5.69 Å². The van der Waals surface area contributed by atoms with Crippen molar-refractivity contribution in [1.29, 1.82) is 0 Å². The van der Waals surface area contributed by atoms with Crippen LogP contribution in [0.4, 0.5) is 10.1 Å². The van der Waals surface area contributed by atoms with Gasteiger partial charge in [-0.25, -0.2) is 12.8 Å². The maximum atomic E-state index is 12.9. The topological polar surface area (TPSA) is 37.4 Å². The summed E-state index contributed by atoms with van der Waals surface area (Å²) in [5, 5.41) is 1.70. The van der Waals surface area contributed by atoms with Crippen molar-refractivity contribution in [3.8, 4) is 0 Å². The fourth-order valence-corrected chi connectivity index (χ4v) is 4.13. The number of anilines is 1. The maximum absolute atomic E-state index is 12.9. The molecule has 1 aromatic carbocycles. The van der Waals surface area contributed by atoms with Crippen LogP contribution in [0.25, 0.3) is 0 Å². The van der Waals surface area contributed by atoms with Crippen molar-refractivity contribution in [2.45, 2.75) is 4.21 Å². The predicted molar refractivity (Wildman–Crippen MR) is 75.4 cm³/mol. The molecular weight excluding hydrogens is 285 g/mol. The number of benzene rings is 1. The van der Waals surface area contributed by atoms with Crippen LogP contribution in [0, 0.1) is 5.82 Å². The Bertz CT molecular complexity index is 648. The van der Waals surface area contributed by atoms with E-state index in [4.69, 9.17) is 0 Å². The van der Waals surface area contributed by atoms with Gasteiger partial charge in [0.05, 0.1) is 12.2 Å². The molecule has 0 aliphatic rings. The number of thiophene rings is 1. The molecule has 0 aliphatic heterocycles. The van der Waals surface area contributed by atoms with Gasteiger partial charge in [0, 0.05) is 0 Å². The van der Waals surface area contributed by atoms with E-state index in [-0.39, 0.29) is 10.8 Å². The van der Waals surface area contributed by atoms with E-state index < -0.39 is 15.8 Å². The Morgan fingerprint density at radius 3 is 2.47 bits per heavy atom. The molecule has 100 valence electrons. The van der Waals surface area contributed by atoms with Crippen molar-refractivity contribution in [1.82, 2.24) is 0 Å². The van der Waals surface area contributed by atoms with E-state index in [1.165, 1.54) is 34.6 Å². The molecule has 19 heavy (non-hydrogen) atoms. The van der Waals surface area contributed by atoms with Gasteiger partial charge in [0.15, 0.2) is 0 Å². The minimum Gasteiger partial charge on any atom is -0.262 e. The number of sulfonamides is 1. The fraction of sp³-hybridized carbons (Fsp3) is 0.0769. The van der Waals surface area contributed by atoms with E-state index in [1.807, 2.05) is 0 Å². The molecular formula is C13H12FNO2S2. The Balaban J connectivity index is 2.46. The van der Waals surface area contributed by atoms with Gasteiger partial charge in [0.1, 0.15) is 10.0 Å². The Morgan fingerprint density at radius 1 is 1.26 bits per heavy atom. The molecule has 1 aromatic heterocycles. The zero-order chi connectivity index (χ0) is 13.9. The lowest BCUT2D eigenvalue weighted by Crippen LogP contribution is -2.30. The molecule has 2 rings (SSSR count). The molecule has 1 heterocycles. The molecule has 0 unspecified atom stereocenters. The second-order valence-electron chi connectivity index (χ2n) is 3.73. The van der Waals surface area contributed by atoms with Crippen molar-refractivity contribution in [3.63, 3.8) is 0 Å². The Kier molecular flexibility index (Phi) is 4.01. The molecule has 0 saturated carbocycles. The van der Waals surface area contributed by atoms with Crippen LogP contribution in [0.2, 0.25) is 0 Å². The highest BCUT2D eigenvalue weighted by atomic mass is 32.2. The van der Waals surface area contributed by atoms with Gasteiger partial charge in [0.25, 0.3) is 10.0 Å². The highest BCUT2D eigenvalue weighted by Crippen LogP contribution is 2.26. The lowest BCUT2D eigenvalue weighted by atomic mass is 10.3. The van der Waals surface area contributed by atoms with Crippen molar-refractivity contribution in [2.75, 3.05) is 10.8 Å². The SMILES string of the molecule is C=CCN(c1ccc(F)cc1)S(=O)(=O)c1cccs1. The molecule has 2 aromatic rings. The molecule has 6 heteroatoms. The van der Waals surface area contributed by atoms with Crippen LogP contribution in [-0.4, -0.2) is 15.0 Å². The van der Waals surface area contributed by atoms with Gasteiger partial charge in [-0.15, -0.1) is 17.9 Å². The molecule has 0 amide bonds. The van der Waals surface area contributed by atoms with Gasteiger partial charge in [-0.1, -0.05) is 12.1 Å². The van der Waals surface area contributed by atoms with Crippen molar-refractivity contribution in [3.05, 3.63) is 60.3 Å². The van der Waals surface area contributed by atoms with Gasteiger partial charge < -0.3 is 0 Å². The van der Waals surface area contributed by atoms with Gasteiger partial charge in [0.2, 0.25) is 0 Å². The summed E-state index contributed by atoms with van der Waals surface area (Å²) in [6, 6.07) is 8.55. The third kappa shape index (κ3) is 2.85. The van der Waals surface area contributed by atoms with Crippen molar-refractivity contribution < 1.29 is 12.8 Å². The average molecular weight is 297 g/mol. The summed E-state index contributed by atoms with van der Waals surface area (Å²) < 4.78 is 39.3. The lowest BCUT2D eigenvalue weighted by molar-refractivity contribution is 0.594. The quantitative estimate of drug-likeness (QED) is 0.794. The summed E-state index contributed by atoms with van der Waals surface area (Å²) in [6.45, 7) is 3.69. The summed E-state index contributed by atoms with van der Waals surface area (Å²) in [5.41, 5.74) is 0.412. The first-order chi connectivity index (χ1) is 9.05. The highest BCUT2D eigenvalue weighted by Gasteiger charge is 2.24. The Labute approximate surface area is 115 Å². The van der Waals surface area contributed by atoms with Crippen LogP contribution in [0.5, 0.6) is 0 Å². The minimum absolute atomic E-state index is 0.131. The van der Waals surface area contributed by atoms with Crippen LogP contribution >= 0.6 is 11.3 Å². The van der Waals surface area contributed by atoms with Gasteiger partial charge in [-0.2, -0.15) is 0 Å². The summed E-state index contributed by atoms with van der Waals surface area (Å²) in [6.07, 6.45) is 1.49. The van der Waals surface area contributed by atoms with E-state index in [1.54, 1.807) is 17.5 Å². The van der Waals surface area contributed by atoms with Crippen LogP contribution < -0.4 is 4.31 Å². The van der Waals surface area contributed by atoms with Gasteiger partial charge in [-0.05, 0) is 35.7 Å². The molecule has 0 atom stereocenters. The van der Waals surface area contributed by atoms with Gasteiger partial charge >= 0.3 is 0 Å². The predicted octanol–water partition coefficient (Wildman–Crippen LogP) is 3.27. The first-order valence-electron chi connectivity index (χ1n) is 5.48. The standard InChI is InChI=1S/C13H12FNO2S2/c1-2-9-15(12-7-5-11(14)6-8-12)19(16,17)13-4-3-10-18-13/h2-8,10H,1,9H2. The van der Waals surface area contributed by atoms with Crippen LogP contribution in [0.1, 0.15) is 0 Å². The van der Waals surface area contributed by atoms with E-state index in [2.05, 4.69) is 6.58 Å². The molecule has 0 aliphatic carbocycles. The summed E-state index contributed by atoms with van der Waals surface area (Å²) in [4.78, 5) is 0. The van der Waals surface area contributed by atoms with Crippen LogP contribution in [0.3, 0.4) is 0 Å². The third-order valence-corrected chi connectivity index (χ3v) is 5.62. The summed E-state index contributed by atoms with van der Waals surface area (Å²) in [7, 11) is -3.63. The number of hydrogen-bond acceptors (Lipinski definition) is 3. The second-order valence-corrected chi connectivity index (χ2v) is 6.77. The van der Waals surface area contributed by atoms with E-state index in [0.717, 1.165) is 11.3 Å². The molecule has 0 saturated heterocycles. The molecule has 3 nitrogen and oxygen atoms in total. The fourth-order valence-electron chi connectivity index (χ4n) is 1.59. The monoisotopic (exact) mass is 297 g/mol. The van der Waals surface area contributed by atoms with Gasteiger partial charge in [-0.3, -0.25) is 4.31 Å². The summed E-state index contributed by atoms with van der Waals surface area (Å²) in [5.74, 6) is -0.407. The molecule has 0 spiro atoms. The number of hydrogen-bond donors (Lipinski definition) is 0. The first-order valence-corrected chi connectivity index (χ1v) is 7.80. The minimum atomic E-state index is -3.63. The van der Waals surface area contributed by atoms with Crippen molar-refractivity contribution >= 4 is 27.0 Å². The molecule has 0 radical (unpaired) electrons. The average Bonchev–Trinajstić information content (AvgIpc) is 2.92. The van der Waals surface area contributed by atoms with Crippen LogP contribution in [0.15, 0.2) is 58.6 Å². The smallest absolute Gasteiger partial charge is 0.262 e. The van der Waals surface area contributed by atoms with E-state index in [9.17, 15) is 12.8 Å². The third-order valence-electron chi connectivity index (χ3n) is 2.45. The molecule has 0 N–H and O–H groups in total. The number of nitrogens with zero attached hydrogens (tertiary/aromatic N) is 1. The normalized spacial score (nSPS) is 11.2. The maximum Gasteiger partial charge on any atom is 0.274 e. The second kappa shape index (κ2) is 5.54. The largest absolute Gasteiger partial charge is 0.274 e. The lowest BCUT2D eigenvalue weighted by Gasteiger charge is -2.22. The molecule has 0 fully saturated rings. The number of rotatable bonds is 5. The highest BCUT2D eigenvalue weighted by molar-refractivity contribution is 7.94. The molecule has 0 bridgehead atoms. The number of halogens is 1. The van der Waals surface area contributed by atoms with E-state index >= 15 is 0 Å². The Morgan fingerprint density at radius 2 is 1.95 bits per heavy atom. The Hall–Kier alpha value is -1.66. The van der Waals surface area contributed by atoms with Crippen LogP contribution in [-0.2, 0) is 10.0 Å². The zero-order valence-electron chi connectivity index (χ0n) is 9.99. The first kappa shape index (κ1) is 13.8. The zero-order valence-corrected chi connectivity index (χ0v) is 11.6. The summed E-state index contributed by atoms with van der Waals surface area (Å²) >= 11 is 1.14.